The highest BCUT2D eigenvalue weighted by Gasteiger charge is 2.10. The summed E-state index contributed by atoms with van der Waals surface area (Å²) in [6.45, 7) is 1.91. The van der Waals surface area contributed by atoms with Crippen LogP contribution in [0.1, 0.15) is 22.8 Å². The number of benzene rings is 2. The van der Waals surface area contributed by atoms with Crippen LogP contribution in [0, 0.1) is 24.1 Å². The van der Waals surface area contributed by atoms with E-state index >= 15 is 0 Å². The van der Waals surface area contributed by atoms with Gasteiger partial charge in [-0.05, 0) is 30.7 Å². The number of hydrogen-bond donors (Lipinski definition) is 1. The van der Waals surface area contributed by atoms with Crippen LogP contribution >= 0.6 is 0 Å². The van der Waals surface area contributed by atoms with E-state index in [1.165, 1.54) is 12.1 Å². The van der Waals surface area contributed by atoms with E-state index in [1.807, 2.05) is 25.1 Å². The number of hydrogen-bond acceptors (Lipinski definition) is 3. The maximum atomic E-state index is 13.6. The molecule has 0 aromatic heterocycles. The predicted octanol–water partition coefficient (Wildman–Crippen LogP) is 3.12. The van der Waals surface area contributed by atoms with Gasteiger partial charge in [0.05, 0.1) is 11.6 Å². The molecule has 0 saturated heterocycles. The number of aliphatic hydroxyl groups excluding tert-OH is 1. The summed E-state index contributed by atoms with van der Waals surface area (Å²) in [6.07, 6.45) is -0.828. The fraction of sp³-hybridized carbons (Fsp3) is 0.188. The molecule has 0 saturated carbocycles. The van der Waals surface area contributed by atoms with Crippen molar-refractivity contribution in [2.75, 3.05) is 6.61 Å². The number of halogens is 1. The van der Waals surface area contributed by atoms with Crippen LogP contribution in [0.4, 0.5) is 4.39 Å². The van der Waals surface area contributed by atoms with Crippen molar-refractivity contribution < 1.29 is 14.2 Å². The minimum absolute atomic E-state index is 0.0233. The Hall–Kier alpha value is -2.38. The molecule has 0 aliphatic heterocycles. The van der Waals surface area contributed by atoms with Crippen LogP contribution in [0.25, 0.3) is 0 Å². The first-order valence-electron chi connectivity index (χ1n) is 6.17. The Morgan fingerprint density at radius 1 is 1.25 bits per heavy atom. The summed E-state index contributed by atoms with van der Waals surface area (Å²) < 4.78 is 18.8. The number of aryl methyl sites for hydroxylation is 1. The van der Waals surface area contributed by atoms with Crippen molar-refractivity contribution in [1.82, 2.24) is 0 Å². The molecule has 4 heteroatoms. The zero-order valence-electron chi connectivity index (χ0n) is 11.0. The number of nitriles is 1. The van der Waals surface area contributed by atoms with Crippen LogP contribution in [0.5, 0.6) is 5.75 Å². The zero-order chi connectivity index (χ0) is 14.5. The molecule has 102 valence electrons. The van der Waals surface area contributed by atoms with E-state index < -0.39 is 11.9 Å². The van der Waals surface area contributed by atoms with Crippen molar-refractivity contribution in [3.63, 3.8) is 0 Å². The molecule has 2 rings (SSSR count). The lowest BCUT2D eigenvalue weighted by Gasteiger charge is -2.13. The van der Waals surface area contributed by atoms with Gasteiger partial charge < -0.3 is 9.84 Å². The minimum Gasteiger partial charge on any atom is -0.487 e. The Morgan fingerprint density at radius 3 is 2.55 bits per heavy atom. The molecule has 0 fully saturated rings. The second kappa shape index (κ2) is 6.18. The van der Waals surface area contributed by atoms with E-state index in [9.17, 15) is 9.50 Å². The minimum atomic E-state index is -0.828. The third-order valence-electron chi connectivity index (χ3n) is 2.92. The van der Waals surface area contributed by atoms with Crippen molar-refractivity contribution in [1.29, 1.82) is 5.26 Å². The average Bonchev–Trinajstić information content (AvgIpc) is 2.46. The van der Waals surface area contributed by atoms with Crippen molar-refractivity contribution in [2.45, 2.75) is 13.0 Å². The van der Waals surface area contributed by atoms with Crippen LogP contribution in [-0.2, 0) is 0 Å². The van der Waals surface area contributed by atoms with Gasteiger partial charge in [0.15, 0.2) is 11.6 Å². The monoisotopic (exact) mass is 271 g/mol. The third-order valence-corrected chi connectivity index (χ3v) is 2.92. The van der Waals surface area contributed by atoms with Gasteiger partial charge in [-0.3, -0.25) is 0 Å². The van der Waals surface area contributed by atoms with Gasteiger partial charge in [0.25, 0.3) is 0 Å². The zero-order valence-corrected chi connectivity index (χ0v) is 11.0. The van der Waals surface area contributed by atoms with Crippen molar-refractivity contribution in [3.05, 3.63) is 65.0 Å². The second-order valence-corrected chi connectivity index (χ2v) is 4.49. The standard InChI is InChI=1S/C16H14FNO2/c1-11-2-5-13(6-3-11)15(19)10-20-16-7-4-12(9-18)8-14(16)17/h2-8,15,19H,10H2,1H3. The summed E-state index contributed by atoms with van der Waals surface area (Å²) in [7, 11) is 0. The van der Waals surface area contributed by atoms with E-state index in [0.29, 0.717) is 5.56 Å². The first kappa shape index (κ1) is 14.0. The van der Waals surface area contributed by atoms with Crippen molar-refractivity contribution in [3.8, 4) is 11.8 Å². The molecule has 0 amide bonds. The van der Waals surface area contributed by atoms with Gasteiger partial charge in [-0.25, -0.2) is 4.39 Å². The first-order chi connectivity index (χ1) is 9.60. The summed E-state index contributed by atoms with van der Waals surface area (Å²) in [4.78, 5) is 0. The molecule has 3 nitrogen and oxygen atoms in total. The van der Waals surface area contributed by atoms with Crippen molar-refractivity contribution in [2.24, 2.45) is 0 Å². The summed E-state index contributed by atoms with van der Waals surface area (Å²) >= 11 is 0. The fourth-order valence-electron chi connectivity index (χ4n) is 1.74. The summed E-state index contributed by atoms with van der Waals surface area (Å²) in [5, 5.41) is 18.6. The number of nitrogens with zero attached hydrogens (tertiary/aromatic N) is 1. The van der Waals surface area contributed by atoms with Gasteiger partial charge >= 0.3 is 0 Å². The molecular formula is C16H14FNO2. The van der Waals surface area contributed by atoms with Crippen LogP contribution in [0.15, 0.2) is 42.5 Å². The van der Waals surface area contributed by atoms with Crippen LogP contribution < -0.4 is 4.74 Å². The molecule has 2 aromatic carbocycles. The Bertz CT molecular complexity index is 632. The van der Waals surface area contributed by atoms with E-state index in [0.717, 1.165) is 11.6 Å². The average molecular weight is 271 g/mol. The highest BCUT2D eigenvalue weighted by molar-refractivity contribution is 5.36. The second-order valence-electron chi connectivity index (χ2n) is 4.49. The van der Waals surface area contributed by atoms with Gasteiger partial charge in [0.2, 0.25) is 0 Å². The molecule has 0 radical (unpaired) electrons. The molecule has 20 heavy (non-hydrogen) atoms. The van der Waals surface area contributed by atoms with E-state index in [-0.39, 0.29) is 17.9 Å². The van der Waals surface area contributed by atoms with Gasteiger partial charge in [-0.2, -0.15) is 5.26 Å². The van der Waals surface area contributed by atoms with Crippen LogP contribution in [0.2, 0.25) is 0 Å². The van der Waals surface area contributed by atoms with Gasteiger partial charge in [0.1, 0.15) is 12.7 Å². The molecule has 1 atom stereocenters. The Balaban J connectivity index is 2.01. The molecular weight excluding hydrogens is 257 g/mol. The Morgan fingerprint density at radius 2 is 1.95 bits per heavy atom. The molecule has 0 aliphatic carbocycles. The predicted molar refractivity (Wildman–Crippen MR) is 72.7 cm³/mol. The molecule has 0 aliphatic rings. The quantitative estimate of drug-likeness (QED) is 0.929. The van der Waals surface area contributed by atoms with Crippen LogP contribution in [-0.4, -0.2) is 11.7 Å². The van der Waals surface area contributed by atoms with Gasteiger partial charge in [0, 0.05) is 0 Å². The highest BCUT2D eigenvalue weighted by Crippen LogP contribution is 2.20. The number of ether oxygens (including phenoxy) is 1. The summed E-state index contributed by atoms with van der Waals surface area (Å²) in [5.41, 5.74) is 2.04. The van der Waals surface area contributed by atoms with Crippen LogP contribution in [0.3, 0.4) is 0 Å². The summed E-state index contributed by atoms with van der Waals surface area (Å²) in [5.74, 6) is -0.588. The van der Waals surface area contributed by atoms with E-state index in [4.69, 9.17) is 10.00 Å². The van der Waals surface area contributed by atoms with E-state index in [2.05, 4.69) is 0 Å². The van der Waals surface area contributed by atoms with Crippen molar-refractivity contribution >= 4 is 0 Å². The topological polar surface area (TPSA) is 53.2 Å². The lowest BCUT2D eigenvalue weighted by atomic mass is 10.1. The normalized spacial score (nSPS) is 11.7. The SMILES string of the molecule is Cc1ccc(C(O)COc2ccc(C#N)cc2F)cc1. The lowest BCUT2D eigenvalue weighted by molar-refractivity contribution is 0.106. The Kier molecular flexibility index (Phi) is 4.34. The molecule has 0 bridgehead atoms. The first-order valence-corrected chi connectivity index (χ1v) is 6.17. The maximum Gasteiger partial charge on any atom is 0.166 e. The smallest absolute Gasteiger partial charge is 0.166 e. The number of aliphatic hydroxyl groups is 1. The Labute approximate surface area is 116 Å². The molecule has 1 N–H and O–H groups in total. The molecule has 2 aromatic rings. The third kappa shape index (κ3) is 3.34. The molecule has 0 spiro atoms. The van der Waals surface area contributed by atoms with Gasteiger partial charge in [-0.1, -0.05) is 29.8 Å². The maximum absolute atomic E-state index is 13.6. The lowest BCUT2D eigenvalue weighted by Crippen LogP contribution is -2.10. The fourth-order valence-corrected chi connectivity index (χ4v) is 1.74. The molecule has 1 unspecified atom stereocenters. The highest BCUT2D eigenvalue weighted by atomic mass is 19.1. The van der Waals surface area contributed by atoms with E-state index in [1.54, 1.807) is 12.1 Å². The largest absolute Gasteiger partial charge is 0.487 e. The van der Waals surface area contributed by atoms with Gasteiger partial charge in [-0.15, -0.1) is 0 Å². The number of rotatable bonds is 4. The molecule has 0 heterocycles. The summed E-state index contributed by atoms with van der Waals surface area (Å²) in [6, 6.07) is 13.2.